The Balaban J connectivity index is 3.00. The first-order valence-corrected chi connectivity index (χ1v) is 6.23. The Morgan fingerprint density at radius 1 is 1.67 bits per heavy atom. The van der Waals surface area contributed by atoms with E-state index in [2.05, 4.69) is 21.2 Å². The number of hydrogen-bond donors (Lipinski definition) is 2. The molecule has 0 unspecified atom stereocenters. The van der Waals surface area contributed by atoms with E-state index in [-0.39, 0.29) is 11.3 Å². The summed E-state index contributed by atoms with van der Waals surface area (Å²) < 4.78 is 14.2. The molecule has 18 heavy (non-hydrogen) atoms. The normalized spacial score (nSPS) is 11.7. The molecule has 96 valence electrons. The van der Waals surface area contributed by atoms with Crippen LogP contribution in [0.5, 0.6) is 0 Å². The van der Waals surface area contributed by atoms with Crippen LogP contribution in [0, 0.1) is 17.1 Å². The van der Waals surface area contributed by atoms with E-state index in [0.29, 0.717) is 10.9 Å². The lowest BCUT2D eigenvalue weighted by Gasteiger charge is -2.16. The summed E-state index contributed by atoms with van der Waals surface area (Å²) in [7, 11) is 0. The number of hydrogen-bond acceptors (Lipinski definition) is 3. The van der Waals surface area contributed by atoms with Crippen LogP contribution in [-0.4, -0.2) is 11.9 Å². The Morgan fingerprint density at radius 3 is 2.83 bits per heavy atom. The van der Waals surface area contributed by atoms with Crippen molar-refractivity contribution >= 4 is 27.5 Å². The van der Waals surface area contributed by atoms with Gasteiger partial charge in [-0.25, -0.2) is 4.39 Å². The summed E-state index contributed by atoms with van der Waals surface area (Å²) in [6, 6.07) is 3.77. The zero-order valence-corrected chi connectivity index (χ0v) is 11.4. The number of benzene rings is 1. The van der Waals surface area contributed by atoms with E-state index in [1.165, 1.54) is 6.07 Å². The third-order valence-electron chi connectivity index (χ3n) is 2.43. The highest BCUT2D eigenvalue weighted by molar-refractivity contribution is 9.10. The van der Waals surface area contributed by atoms with E-state index < -0.39 is 17.8 Å². The Morgan fingerprint density at radius 2 is 2.33 bits per heavy atom. The van der Waals surface area contributed by atoms with Gasteiger partial charge in [-0.1, -0.05) is 13.3 Å². The molecular weight excluding hydrogens is 301 g/mol. The molecule has 0 aliphatic carbocycles. The van der Waals surface area contributed by atoms with Gasteiger partial charge in [0.15, 0.2) is 0 Å². The lowest BCUT2D eigenvalue weighted by molar-refractivity contribution is -0.118. The van der Waals surface area contributed by atoms with Crippen LogP contribution in [0.4, 0.5) is 10.1 Å². The SMILES string of the molecule is CCC[C@@H](Nc1cc(Br)c(C#N)cc1F)C(N)=O. The largest absolute Gasteiger partial charge is 0.371 e. The standard InChI is InChI=1S/C12H13BrFN3O/c1-2-3-10(12(16)18)17-11-5-8(13)7(6-15)4-9(11)14/h4-5,10,17H,2-3H2,1H3,(H2,16,18)/t10-/m1/s1. The second-order valence-electron chi connectivity index (χ2n) is 3.81. The number of nitrogens with one attached hydrogen (secondary N) is 1. The molecule has 4 nitrogen and oxygen atoms in total. The highest BCUT2D eigenvalue weighted by atomic mass is 79.9. The van der Waals surface area contributed by atoms with Crippen LogP contribution in [0.15, 0.2) is 16.6 Å². The van der Waals surface area contributed by atoms with Gasteiger partial charge in [0, 0.05) is 4.47 Å². The van der Waals surface area contributed by atoms with Crippen LogP contribution in [0.2, 0.25) is 0 Å². The third-order valence-corrected chi connectivity index (χ3v) is 3.08. The molecule has 0 heterocycles. The summed E-state index contributed by atoms with van der Waals surface area (Å²) in [6.07, 6.45) is 1.27. The van der Waals surface area contributed by atoms with Gasteiger partial charge in [0.1, 0.15) is 17.9 Å². The van der Waals surface area contributed by atoms with E-state index in [0.717, 1.165) is 12.5 Å². The molecule has 0 saturated heterocycles. The number of halogens is 2. The molecule has 0 saturated carbocycles. The third kappa shape index (κ3) is 3.44. The van der Waals surface area contributed by atoms with Gasteiger partial charge in [0.2, 0.25) is 5.91 Å². The Hall–Kier alpha value is -1.61. The summed E-state index contributed by atoms with van der Waals surface area (Å²) >= 11 is 3.16. The summed E-state index contributed by atoms with van der Waals surface area (Å²) in [5.74, 6) is -1.12. The lowest BCUT2D eigenvalue weighted by atomic mass is 10.1. The number of rotatable bonds is 5. The van der Waals surface area contributed by atoms with Crippen molar-refractivity contribution in [1.29, 1.82) is 5.26 Å². The van der Waals surface area contributed by atoms with Gasteiger partial charge in [-0.3, -0.25) is 4.79 Å². The van der Waals surface area contributed by atoms with Crippen LogP contribution in [-0.2, 0) is 4.79 Å². The van der Waals surface area contributed by atoms with Crippen molar-refractivity contribution in [3.05, 3.63) is 28.0 Å². The molecule has 1 amide bonds. The predicted octanol–water partition coefficient (Wildman–Crippen LogP) is 2.53. The molecule has 1 aromatic carbocycles. The van der Waals surface area contributed by atoms with Crippen LogP contribution in [0.3, 0.4) is 0 Å². The van der Waals surface area contributed by atoms with Crippen LogP contribution in [0.25, 0.3) is 0 Å². The molecule has 1 rings (SSSR count). The highest BCUT2D eigenvalue weighted by Gasteiger charge is 2.17. The molecular formula is C12H13BrFN3O. The van der Waals surface area contributed by atoms with Crippen molar-refractivity contribution in [3.63, 3.8) is 0 Å². The molecule has 0 aromatic heterocycles. The van der Waals surface area contributed by atoms with Crippen molar-refractivity contribution in [2.45, 2.75) is 25.8 Å². The number of nitriles is 1. The molecule has 6 heteroatoms. The summed E-state index contributed by atoms with van der Waals surface area (Å²) in [5.41, 5.74) is 5.58. The number of carbonyl (C=O) groups excluding carboxylic acids is 1. The van der Waals surface area contributed by atoms with E-state index in [4.69, 9.17) is 11.0 Å². The fourth-order valence-corrected chi connectivity index (χ4v) is 1.94. The maximum absolute atomic E-state index is 13.7. The van der Waals surface area contributed by atoms with Crippen molar-refractivity contribution in [2.75, 3.05) is 5.32 Å². The minimum Gasteiger partial charge on any atom is -0.371 e. The molecule has 0 spiro atoms. The molecule has 1 atom stereocenters. The average Bonchev–Trinajstić information content (AvgIpc) is 2.32. The van der Waals surface area contributed by atoms with Crippen molar-refractivity contribution in [1.82, 2.24) is 0 Å². The summed E-state index contributed by atoms with van der Waals surface area (Å²) in [6.45, 7) is 1.91. The minimum atomic E-state index is -0.621. The fraction of sp³-hybridized carbons (Fsp3) is 0.333. The maximum Gasteiger partial charge on any atom is 0.239 e. The zero-order chi connectivity index (χ0) is 13.7. The van der Waals surface area contributed by atoms with Gasteiger partial charge >= 0.3 is 0 Å². The van der Waals surface area contributed by atoms with Crippen LogP contribution in [0.1, 0.15) is 25.3 Å². The van der Waals surface area contributed by atoms with Gasteiger partial charge in [-0.2, -0.15) is 5.26 Å². The maximum atomic E-state index is 13.7. The zero-order valence-electron chi connectivity index (χ0n) is 9.84. The Bertz CT molecular complexity index is 499. The second-order valence-corrected chi connectivity index (χ2v) is 4.67. The second kappa shape index (κ2) is 6.36. The van der Waals surface area contributed by atoms with Crippen LogP contribution < -0.4 is 11.1 Å². The lowest BCUT2D eigenvalue weighted by Crippen LogP contribution is -2.35. The Labute approximate surface area is 113 Å². The van der Waals surface area contributed by atoms with E-state index >= 15 is 0 Å². The van der Waals surface area contributed by atoms with Crippen molar-refractivity contribution in [2.24, 2.45) is 5.73 Å². The summed E-state index contributed by atoms with van der Waals surface area (Å²) in [4.78, 5) is 11.2. The van der Waals surface area contributed by atoms with Crippen molar-refractivity contribution < 1.29 is 9.18 Å². The van der Waals surface area contributed by atoms with Gasteiger partial charge in [-0.05, 0) is 34.5 Å². The van der Waals surface area contributed by atoms with Crippen LogP contribution >= 0.6 is 15.9 Å². The van der Waals surface area contributed by atoms with Gasteiger partial charge in [0.25, 0.3) is 0 Å². The fourth-order valence-electron chi connectivity index (χ4n) is 1.51. The first-order valence-electron chi connectivity index (χ1n) is 5.44. The van der Waals surface area contributed by atoms with Crippen molar-refractivity contribution in [3.8, 4) is 6.07 Å². The molecule has 0 radical (unpaired) electrons. The van der Waals surface area contributed by atoms with Gasteiger partial charge < -0.3 is 11.1 Å². The topological polar surface area (TPSA) is 78.9 Å². The first-order chi connectivity index (χ1) is 8.49. The number of carbonyl (C=O) groups is 1. The highest BCUT2D eigenvalue weighted by Crippen LogP contribution is 2.25. The smallest absolute Gasteiger partial charge is 0.239 e. The number of nitrogens with zero attached hydrogens (tertiary/aromatic N) is 1. The van der Waals surface area contributed by atoms with Gasteiger partial charge in [0.05, 0.1) is 11.3 Å². The monoisotopic (exact) mass is 313 g/mol. The molecule has 0 aliphatic rings. The first kappa shape index (κ1) is 14.5. The predicted molar refractivity (Wildman–Crippen MR) is 70.3 cm³/mol. The minimum absolute atomic E-state index is 0.151. The van der Waals surface area contributed by atoms with Gasteiger partial charge in [-0.15, -0.1) is 0 Å². The van der Waals surface area contributed by atoms with E-state index in [1.54, 1.807) is 0 Å². The van der Waals surface area contributed by atoms with E-state index in [9.17, 15) is 9.18 Å². The molecule has 3 N–H and O–H groups in total. The molecule has 0 fully saturated rings. The number of anilines is 1. The molecule has 0 bridgehead atoms. The molecule has 0 aliphatic heterocycles. The average molecular weight is 314 g/mol. The summed E-state index contributed by atoms with van der Waals surface area (Å²) in [5, 5.41) is 11.5. The van der Waals surface area contributed by atoms with E-state index in [1.807, 2.05) is 13.0 Å². The number of primary amides is 1. The molecule has 1 aromatic rings. The quantitative estimate of drug-likeness (QED) is 0.876. The number of nitrogens with two attached hydrogens (primary N) is 1. The number of amides is 1. The Kier molecular flexibility index (Phi) is 5.10.